The molecule has 0 bridgehead atoms. The molecule has 1 saturated carbocycles. The Balaban J connectivity index is 1.54. The number of para-hydroxylation sites is 1. The van der Waals surface area contributed by atoms with Crippen LogP contribution in [0.3, 0.4) is 0 Å². The minimum atomic E-state index is -0.439. The fraction of sp³-hybridized carbons (Fsp3) is 0.409. The third kappa shape index (κ3) is 7.23. The van der Waals surface area contributed by atoms with Gasteiger partial charge in [-0.1, -0.05) is 25.0 Å². The number of nitrogens with one attached hydrogen (secondary N) is 4. The first kappa shape index (κ1) is 22.5. The van der Waals surface area contributed by atoms with Gasteiger partial charge in [0.25, 0.3) is 5.91 Å². The Hall–Kier alpha value is -3.17. The number of rotatable bonds is 10. The Morgan fingerprint density at radius 3 is 2.77 bits per heavy atom. The van der Waals surface area contributed by atoms with E-state index in [4.69, 9.17) is 9.94 Å². The summed E-state index contributed by atoms with van der Waals surface area (Å²) in [6.45, 7) is 1.00. The van der Waals surface area contributed by atoms with E-state index >= 15 is 0 Å². The zero-order valence-electron chi connectivity index (χ0n) is 17.4. The van der Waals surface area contributed by atoms with Crippen molar-refractivity contribution in [2.75, 3.05) is 30.4 Å². The van der Waals surface area contributed by atoms with Gasteiger partial charge in [0.1, 0.15) is 5.82 Å². The first-order chi connectivity index (χ1) is 15.2. The van der Waals surface area contributed by atoms with Gasteiger partial charge in [-0.15, -0.1) is 0 Å². The number of amides is 3. The standard InChI is InChI=1S/C22H29N5O4/c28-12-11-24-22(30)26-20-13-17(9-10-23-20)14-25-19-8-4-3-7-18(19)21(29)27-31-15-16-5-1-2-6-16/h3-4,7-10,13,16,25,28H,1-2,5-6,11-12,14-15H2,(H,27,29)(H2,23,24,26,30). The number of carbonyl (C=O) groups excluding carboxylic acids is 2. The van der Waals surface area contributed by atoms with E-state index in [-0.39, 0.29) is 19.1 Å². The van der Waals surface area contributed by atoms with Crippen molar-refractivity contribution < 1.29 is 19.5 Å². The van der Waals surface area contributed by atoms with Crippen molar-refractivity contribution in [1.29, 1.82) is 0 Å². The maximum Gasteiger partial charge on any atom is 0.320 e. The predicted molar refractivity (Wildman–Crippen MR) is 117 cm³/mol. The van der Waals surface area contributed by atoms with E-state index in [2.05, 4.69) is 26.4 Å². The number of pyridine rings is 1. The number of aromatic nitrogens is 1. The summed E-state index contributed by atoms with van der Waals surface area (Å²) in [5.74, 6) is 0.619. The highest BCUT2D eigenvalue weighted by Gasteiger charge is 2.16. The van der Waals surface area contributed by atoms with Crippen molar-refractivity contribution in [1.82, 2.24) is 15.8 Å². The Morgan fingerprint density at radius 2 is 1.97 bits per heavy atom. The number of urea groups is 1. The zero-order chi connectivity index (χ0) is 21.9. The molecule has 0 radical (unpaired) electrons. The highest BCUT2D eigenvalue weighted by molar-refractivity contribution is 5.99. The van der Waals surface area contributed by atoms with E-state index < -0.39 is 6.03 Å². The number of hydroxylamine groups is 1. The lowest BCUT2D eigenvalue weighted by molar-refractivity contribution is 0.0172. The third-order valence-electron chi connectivity index (χ3n) is 5.08. The Kier molecular flexibility index (Phi) is 8.62. The summed E-state index contributed by atoms with van der Waals surface area (Å²) < 4.78 is 0. The van der Waals surface area contributed by atoms with Crippen molar-refractivity contribution in [2.24, 2.45) is 5.92 Å². The molecular formula is C22H29N5O4. The molecule has 166 valence electrons. The van der Waals surface area contributed by atoms with Crippen LogP contribution in [0.5, 0.6) is 0 Å². The first-order valence-corrected chi connectivity index (χ1v) is 10.5. The topological polar surface area (TPSA) is 125 Å². The average molecular weight is 428 g/mol. The van der Waals surface area contributed by atoms with E-state index in [1.54, 1.807) is 24.4 Å². The van der Waals surface area contributed by atoms with Crippen LogP contribution in [0.2, 0.25) is 0 Å². The fourth-order valence-electron chi connectivity index (χ4n) is 3.47. The molecule has 1 fully saturated rings. The van der Waals surface area contributed by atoms with Crippen LogP contribution in [-0.4, -0.2) is 41.8 Å². The summed E-state index contributed by atoms with van der Waals surface area (Å²) in [6, 6.07) is 10.3. The van der Waals surface area contributed by atoms with Crippen LogP contribution in [0.4, 0.5) is 16.3 Å². The zero-order valence-corrected chi connectivity index (χ0v) is 17.4. The van der Waals surface area contributed by atoms with E-state index in [1.165, 1.54) is 12.8 Å². The van der Waals surface area contributed by atoms with E-state index in [9.17, 15) is 9.59 Å². The molecular weight excluding hydrogens is 398 g/mol. The predicted octanol–water partition coefficient (Wildman–Crippen LogP) is 2.66. The van der Waals surface area contributed by atoms with Crippen molar-refractivity contribution in [3.63, 3.8) is 0 Å². The minimum absolute atomic E-state index is 0.136. The molecule has 3 amide bonds. The van der Waals surface area contributed by atoms with Gasteiger partial charge in [-0.3, -0.25) is 14.9 Å². The molecule has 1 aliphatic carbocycles. The molecule has 1 aromatic carbocycles. The molecule has 9 heteroatoms. The molecule has 3 rings (SSSR count). The third-order valence-corrected chi connectivity index (χ3v) is 5.08. The number of hydrogen-bond acceptors (Lipinski definition) is 6. The number of aliphatic hydroxyl groups excluding tert-OH is 1. The van der Waals surface area contributed by atoms with Gasteiger partial charge in [0, 0.05) is 25.0 Å². The number of carbonyl (C=O) groups is 2. The second-order valence-electron chi connectivity index (χ2n) is 7.45. The smallest absolute Gasteiger partial charge is 0.320 e. The normalized spacial score (nSPS) is 13.6. The van der Waals surface area contributed by atoms with Gasteiger partial charge in [0.05, 0.1) is 18.8 Å². The van der Waals surface area contributed by atoms with Gasteiger partial charge in [-0.2, -0.15) is 0 Å². The Bertz CT molecular complexity index is 870. The molecule has 0 spiro atoms. The molecule has 1 aromatic heterocycles. The van der Waals surface area contributed by atoms with Crippen molar-refractivity contribution >= 4 is 23.4 Å². The highest BCUT2D eigenvalue weighted by Crippen LogP contribution is 2.24. The van der Waals surface area contributed by atoms with Gasteiger partial charge >= 0.3 is 6.03 Å². The molecule has 2 aromatic rings. The van der Waals surface area contributed by atoms with Crippen LogP contribution in [0.1, 0.15) is 41.6 Å². The number of nitrogens with zero attached hydrogens (tertiary/aromatic N) is 1. The molecule has 0 unspecified atom stereocenters. The van der Waals surface area contributed by atoms with Gasteiger partial charge in [0.15, 0.2) is 0 Å². The van der Waals surface area contributed by atoms with Gasteiger partial charge < -0.3 is 15.7 Å². The van der Waals surface area contributed by atoms with Crippen LogP contribution >= 0.6 is 0 Å². The molecule has 0 aliphatic heterocycles. The molecule has 9 nitrogen and oxygen atoms in total. The first-order valence-electron chi connectivity index (χ1n) is 10.5. The highest BCUT2D eigenvalue weighted by atomic mass is 16.6. The van der Waals surface area contributed by atoms with E-state index in [1.807, 2.05) is 18.2 Å². The molecule has 0 atom stereocenters. The second kappa shape index (κ2) is 11.9. The van der Waals surface area contributed by atoms with Crippen LogP contribution in [0.15, 0.2) is 42.6 Å². The molecule has 5 N–H and O–H groups in total. The number of aliphatic hydroxyl groups is 1. The van der Waals surface area contributed by atoms with Gasteiger partial charge in [0.2, 0.25) is 0 Å². The lowest BCUT2D eigenvalue weighted by Gasteiger charge is -2.14. The van der Waals surface area contributed by atoms with Crippen LogP contribution < -0.4 is 21.4 Å². The number of hydrogen-bond donors (Lipinski definition) is 5. The maximum atomic E-state index is 12.6. The van der Waals surface area contributed by atoms with E-state index in [0.717, 1.165) is 18.4 Å². The summed E-state index contributed by atoms with van der Waals surface area (Å²) in [5, 5.41) is 17.1. The minimum Gasteiger partial charge on any atom is -0.395 e. The summed E-state index contributed by atoms with van der Waals surface area (Å²) in [5.41, 5.74) is 4.59. The van der Waals surface area contributed by atoms with Crippen molar-refractivity contribution in [2.45, 2.75) is 32.2 Å². The monoisotopic (exact) mass is 427 g/mol. The maximum absolute atomic E-state index is 12.6. The lowest BCUT2D eigenvalue weighted by Crippen LogP contribution is -2.31. The Morgan fingerprint density at radius 1 is 1.16 bits per heavy atom. The summed E-state index contributed by atoms with van der Waals surface area (Å²) in [6.07, 6.45) is 6.36. The number of benzene rings is 1. The SMILES string of the molecule is O=C(NCCO)Nc1cc(CNc2ccccc2C(=O)NOCC2CCCC2)ccn1. The molecule has 1 heterocycles. The van der Waals surface area contributed by atoms with Crippen LogP contribution in [-0.2, 0) is 11.4 Å². The fourth-order valence-corrected chi connectivity index (χ4v) is 3.47. The summed E-state index contributed by atoms with van der Waals surface area (Å²) in [4.78, 5) is 33.8. The van der Waals surface area contributed by atoms with Crippen LogP contribution in [0.25, 0.3) is 0 Å². The average Bonchev–Trinajstić information content (AvgIpc) is 3.30. The second-order valence-corrected chi connectivity index (χ2v) is 7.45. The van der Waals surface area contributed by atoms with Crippen molar-refractivity contribution in [3.05, 3.63) is 53.7 Å². The summed E-state index contributed by atoms with van der Waals surface area (Å²) in [7, 11) is 0. The number of anilines is 2. The molecule has 1 aliphatic rings. The van der Waals surface area contributed by atoms with Gasteiger partial charge in [-0.05, 0) is 48.6 Å². The molecule has 0 saturated heterocycles. The van der Waals surface area contributed by atoms with Crippen molar-refractivity contribution in [3.8, 4) is 0 Å². The summed E-state index contributed by atoms with van der Waals surface area (Å²) >= 11 is 0. The van der Waals surface area contributed by atoms with E-state index in [0.29, 0.717) is 36.1 Å². The Labute approximate surface area is 181 Å². The largest absolute Gasteiger partial charge is 0.395 e. The quantitative estimate of drug-likeness (QED) is 0.371. The lowest BCUT2D eigenvalue weighted by atomic mass is 10.1. The molecule has 31 heavy (non-hydrogen) atoms. The van der Waals surface area contributed by atoms with Crippen LogP contribution in [0, 0.1) is 5.92 Å². The van der Waals surface area contributed by atoms with Gasteiger partial charge in [-0.25, -0.2) is 15.3 Å².